The van der Waals surface area contributed by atoms with Crippen LogP contribution in [0.5, 0.6) is 0 Å². The van der Waals surface area contributed by atoms with Gasteiger partial charge < -0.3 is 14.2 Å². The minimum Gasteiger partial charge on any atom is -0.462 e. The molecule has 64 heavy (non-hydrogen) atoms. The highest BCUT2D eigenvalue weighted by Crippen LogP contribution is 2.17. The van der Waals surface area contributed by atoms with Gasteiger partial charge in [0.25, 0.3) is 0 Å². The molecule has 0 aromatic heterocycles. The highest BCUT2D eigenvalue weighted by atomic mass is 16.6. The Hall–Kier alpha value is -1.85. The minimum absolute atomic E-state index is 0.0682. The van der Waals surface area contributed by atoms with Gasteiger partial charge in [-0.1, -0.05) is 270 Å². The summed E-state index contributed by atoms with van der Waals surface area (Å²) in [6.07, 6.45) is 60.8. The van der Waals surface area contributed by atoms with Gasteiger partial charge in [-0.15, -0.1) is 0 Å². The molecule has 0 spiro atoms. The quantitative estimate of drug-likeness (QED) is 0.0262. The van der Waals surface area contributed by atoms with Crippen molar-refractivity contribution in [1.82, 2.24) is 0 Å². The molecule has 0 aliphatic carbocycles. The fourth-order valence-electron chi connectivity index (χ4n) is 8.68. The zero-order valence-corrected chi connectivity index (χ0v) is 43.3. The molecule has 0 amide bonds. The number of unbranched alkanes of at least 4 members (excludes halogenated alkanes) is 40. The first-order chi connectivity index (χ1) is 31.5. The average Bonchev–Trinajstić information content (AvgIpc) is 3.29. The third-order valence-electron chi connectivity index (χ3n) is 13.0. The largest absolute Gasteiger partial charge is 0.462 e. The van der Waals surface area contributed by atoms with Crippen LogP contribution in [0.15, 0.2) is 12.2 Å². The number of carbonyl (C=O) groups excluding carboxylic acids is 3. The standard InChI is InChI=1S/C58H110O6/c1-4-7-10-13-16-19-21-23-25-26-27-28-29-30-31-32-33-34-36-37-39-42-45-48-51-57(60)63-54-55(53-62-56(59)50-47-44-41-18-15-12-9-6-3)64-58(61)52-49-46-43-40-38-35-24-22-20-17-14-11-8-5-2/h22,24,55H,4-21,23,25-54H2,1-3H3/b24-22-. The van der Waals surface area contributed by atoms with E-state index in [1.54, 1.807) is 0 Å². The van der Waals surface area contributed by atoms with Crippen LogP contribution in [-0.4, -0.2) is 37.2 Å². The highest BCUT2D eigenvalue weighted by Gasteiger charge is 2.19. The SMILES string of the molecule is CCCCCCC/C=C\CCCCCCCC(=O)OC(COC(=O)CCCCCCCCCC)COC(=O)CCCCCCCCCCCCCCCCCCCCCCCCCC. The summed E-state index contributed by atoms with van der Waals surface area (Å²) in [6.45, 7) is 6.64. The maximum absolute atomic E-state index is 12.8. The Morgan fingerprint density at radius 3 is 0.781 bits per heavy atom. The van der Waals surface area contributed by atoms with Crippen molar-refractivity contribution in [3.8, 4) is 0 Å². The fraction of sp³-hybridized carbons (Fsp3) is 0.914. The van der Waals surface area contributed by atoms with E-state index < -0.39 is 6.10 Å². The van der Waals surface area contributed by atoms with Crippen molar-refractivity contribution in [2.24, 2.45) is 0 Å². The number of hydrogen-bond donors (Lipinski definition) is 0. The molecule has 0 N–H and O–H groups in total. The lowest BCUT2D eigenvalue weighted by atomic mass is 10.0. The lowest BCUT2D eigenvalue weighted by molar-refractivity contribution is -0.167. The first-order valence-corrected chi connectivity index (χ1v) is 28.7. The summed E-state index contributed by atoms with van der Waals surface area (Å²) in [4.78, 5) is 37.9. The molecule has 0 aliphatic rings. The van der Waals surface area contributed by atoms with E-state index in [9.17, 15) is 14.4 Å². The summed E-state index contributed by atoms with van der Waals surface area (Å²) >= 11 is 0. The molecule has 0 radical (unpaired) electrons. The number of allylic oxidation sites excluding steroid dienone is 2. The Bertz CT molecular complexity index is 993. The van der Waals surface area contributed by atoms with Crippen molar-refractivity contribution in [2.45, 2.75) is 329 Å². The predicted molar refractivity (Wildman–Crippen MR) is 275 cm³/mol. The van der Waals surface area contributed by atoms with Gasteiger partial charge in [0.2, 0.25) is 0 Å². The van der Waals surface area contributed by atoms with Gasteiger partial charge in [0.15, 0.2) is 6.10 Å². The molecule has 0 fully saturated rings. The van der Waals surface area contributed by atoms with E-state index in [1.165, 1.54) is 218 Å². The van der Waals surface area contributed by atoms with Crippen LogP contribution in [0, 0.1) is 0 Å². The molecule has 0 aromatic carbocycles. The van der Waals surface area contributed by atoms with Gasteiger partial charge in [0, 0.05) is 19.3 Å². The summed E-state index contributed by atoms with van der Waals surface area (Å²) in [5.41, 5.74) is 0. The molecular weight excluding hydrogens is 793 g/mol. The molecular formula is C58H110O6. The molecule has 6 heteroatoms. The van der Waals surface area contributed by atoms with E-state index in [1.807, 2.05) is 0 Å². The number of ether oxygens (including phenoxy) is 3. The van der Waals surface area contributed by atoms with Crippen LogP contribution in [0.3, 0.4) is 0 Å². The third kappa shape index (κ3) is 51.1. The van der Waals surface area contributed by atoms with Crippen LogP contribution in [0.2, 0.25) is 0 Å². The number of hydrogen-bond acceptors (Lipinski definition) is 6. The van der Waals surface area contributed by atoms with Crippen LogP contribution in [0.1, 0.15) is 323 Å². The van der Waals surface area contributed by atoms with Gasteiger partial charge in [0.1, 0.15) is 13.2 Å². The highest BCUT2D eigenvalue weighted by molar-refractivity contribution is 5.71. The summed E-state index contributed by atoms with van der Waals surface area (Å²) < 4.78 is 16.8. The van der Waals surface area contributed by atoms with E-state index in [0.717, 1.165) is 64.2 Å². The molecule has 6 nitrogen and oxygen atoms in total. The van der Waals surface area contributed by atoms with E-state index >= 15 is 0 Å². The first kappa shape index (κ1) is 62.1. The molecule has 1 unspecified atom stereocenters. The second-order valence-electron chi connectivity index (χ2n) is 19.6. The summed E-state index contributed by atoms with van der Waals surface area (Å²) in [5.74, 6) is -0.862. The zero-order chi connectivity index (χ0) is 46.5. The molecule has 0 heterocycles. The Morgan fingerprint density at radius 1 is 0.297 bits per heavy atom. The Labute approximate surface area is 399 Å². The molecule has 0 rings (SSSR count). The number of esters is 3. The monoisotopic (exact) mass is 903 g/mol. The smallest absolute Gasteiger partial charge is 0.306 e. The van der Waals surface area contributed by atoms with Crippen molar-refractivity contribution in [3.05, 3.63) is 12.2 Å². The molecule has 0 saturated carbocycles. The van der Waals surface area contributed by atoms with Crippen LogP contribution in [-0.2, 0) is 28.6 Å². The van der Waals surface area contributed by atoms with Crippen LogP contribution in [0.4, 0.5) is 0 Å². The molecule has 378 valence electrons. The second-order valence-corrected chi connectivity index (χ2v) is 19.6. The van der Waals surface area contributed by atoms with Crippen molar-refractivity contribution in [3.63, 3.8) is 0 Å². The molecule has 0 saturated heterocycles. The Morgan fingerprint density at radius 2 is 0.516 bits per heavy atom. The van der Waals surface area contributed by atoms with E-state index in [2.05, 4.69) is 32.9 Å². The topological polar surface area (TPSA) is 78.9 Å². The minimum atomic E-state index is -0.767. The van der Waals surface area contributed by atoms with E-state index in [-0.39, 0.29) is 31.1 Å². The van der Waals surface area contributed by atoms with E-state index in [0.29, 0.717) is 19.3 Å². The molecule has 0 aromatic rings. The number of rotatable bonds is 53. The Balaban J connectivity index is 4.11. The van der Waals surface area contributed by atoms with Gasteiger partial charge >= 0.3 is 17.9 Å². The lowest BCUT2D eigenvalue weighted by Gasteiger charge is -2.18. The van der Waals surface area contributed by atoms with Gasteiger partial charge in [-0.3, -0.25) is 14.4 Å². The fourth-order valence-corrected chi connectivity index (χ4v) is 8.68. The van der Waals surface area contributed by atoms with E-state index in [4.69, 9.17) is 14.2 Å². The zero-order valence-electron chi connectivity index (χ0n) is 43.3. The van der Waals surface area contributed by atoms with Crippen LogP contribution < -0.4 is 0 Å². The van der Waals surface area contributed by atoms with Crippen molar-refractivity contribution in [2.75, 3.05) is 13.2 Å². The van der Waals surface area contributed by atoms with Crippen molar-refractivity contribution in [1.29, 1.82) is 0 Å². The summed E-state index contributed by atoms with van der Waals surface area (Å²) in [6, 6.07) is 0. The predicted octanol–water partition coefficient (Wildman–Crippen LogP) is 18.9. The molecule has 0 bridgehead atoms. The number of carbonyl (C=O) groups is 3. The maximum Gasteiger partial charge on any atom is 0.306 e. The van der Waals surface area contributed by atoms with Gasteiger partial charge in [-0.05, 0) is 44.9 Å². The first-order valence-electron chi connectivity index (χ1n) is 28.7. The maximum atomic E-state index is 12.8. The third-order valence-corrected chi connectivity index (χ3v) is 13.0. The Kier molecular flexibility index (Phi) is 52.2. The average molecular weight is 904 g/mol. The second kappa shape index (κ2) is 53.8. The van der Waals surface area contributed by atoms with Gasteiger partial charge in [0.05, 0.1) is 0 Å². The molecule has 1 atom stereocenters. The van der Waals surface area contributed by atoms with Gasteiger partial charge in [-0.2, -0.15) is 0 Å². The van der Waals surface area contributed by atoms with Crippen molar-refractivity contribution < 1.29 is 28.6 Å². The van der Waals surface area contributed by atoms with Crippen molar-refractivity contribution >= 4 is 17.9 Å². The normalized spacial score (nSPS) is 12.0. The summed E-state index contributed by atoms with van der Waals surface area (Å²) in [5, 5.41) is 0. The van der Waals surface area contributed by atoms with Gasteiger partial charge in [-0.25, -0.2) is 0 Å². The molecule has 0 aliphatic heterocycles. The summed E-state index contributed by atoms with van der Waals surface area (Å²) in [7, 11) is 0. The van der Waals surface area contributed by atoms with Crippen LogP contribution >= 0.6 is 0 Å². The lowest BCUT2D eigenvalue weighted by Crippen LogP contribution is -2.30. The van der Waals surface area contributed by atoms with Crippen LogP contribution in [0.25, 0.3) is 0 Å².